The maximum absolute atomic E-state index is 10.8. The van der Waals surface area contributed by atoms with Gasteiger partial charge < -0.3 is 15.3 Å². The fourth-order valence-electron chi connectivity index (χ4n) is 5.14. The molecule has 0 radical (unpaired) electrons. The van der Waals surface area contributed by atoms with Crippen molar-refractivity contribution in [3.8, 4) is 17.2 Å². The molecule has 3 rings (SSSR count). The molecule has 236 valence electrons. The third-order valence-electron chi connectivity index (χ3n) is 7.67. The lowest BCUT2D eigenvalue weighted by atomic mass is 9.86. The van der Waals surface area contributed by atoms with Crippen molar-refractivity contribution < 1.29 is 15.3 Å². The molecule has 0 saturated carbocycles. The smallest absolute Gasteiger partial charge is 0.119 e. The summed E-state index contributed by atoms with van der Waals surface area (Å²) in [4.78, 5) is 3.57. The van der Waals surface area contributed by atoms with Gasteiger partial charge in [0.1, 0.15) is 17.2 Å². The Hall–Kier alpha value is -1.89. The molecule has 0 aromatic heterocycles. The Labute approximate surface area is 273 Å². The fraction of sp³-hybridized carbons (Fsp3) is 0.514. The average molecular weight is 641 g/mol. The number of phenols is 3. The molecule has 0 heterocycles. The maximum atomic E-state index is 10.8. The third kappa shape index (κ3) is 9.08. The maximum Gasteiger partial charge on any atom is 0.119 e. The summed E-state index contributed by atoms with van der Waals surface area (Å²) in [6.07, 6.45) is 0.932. The zero-order chi connectivity index (χ0) is 32.7. The lowest BCUT2D eigenvalue weighted by Crippen LogP contribution is -2.13. The molecule has 0 aliphatic rings. The summed E-state index contributed by atoms with van der Waals surface area (Å²) in [5.41, 5.74) is 5.63. The van der Waals surface area contributed by atoms with Crippen molar-refractivity contribution in [1.29, 1.82) is 0 Å². The molecule has 3 nitrogen and oxygen atoms in total. The second kappa shape index (κ2) is 13.2. The van der Waals surface area contributed by atoms with Crippen molar-refractivity contribution in [3.63, 3.8) is 0 Å². The van der Waals surface area contributed by atoms with E-state index in [9.17, 15) is 15.3 Å². The molecule has 0 aliphatic carbocycles. The van der Waals surface area contributed by atoms with Crippen LogP contribution in [-0.2, 0) is 16.2 Å². The first-order valence-electron chi connectivity index (χ1n) is 15.1. The predicted octanol–water partition coefficient (Wildman–Crippen LogP) is 11.4. The predicted molar refractivity (Wildman–Crippen MR) is 190 cm³/mol. The number of benzene rings is 3. The van der Waals surface area contributed by atoms with E-state index >= 15 is 0 Å². The van der Waals surface area contributed by atoms with Crippen molar-refractivity contribution in [1.82, 2.24) is 0 Å². The van der Waals surface area contributed by atoms with Crippen molar-refractivity contribution in [2.45, 2.75) is 137 Å². The summed E-state index contributed by atoms with van der Waals surface area (Å²) in [7, 11) is 0. The number of aromatic hydroxyl groups is 3. The third-order valence-corrected chi connectivity index (χ3v) is 11.8. The topological polar surface area (TPSA) is 60.7 Å². The zero-order valence-electron chi connectivity index (χ0n) is 28.4. The lowest BCUT2D eigenvalue weighted by molar-refractivity contribution is 0.444. The van der Waals surface area contributed by atoms with Crippen LogP contribution in [0, 0.1) is 20.8 Å². The number of thioether (sulfide) groups is 3. The number of aryl methyl sites for hydroxylation is 3. The van der Waals surface area contributed by atoms with Crippen molar-refractivity contribution >= 4 is 35.3 Å². The summed E-state index contributed by atoms with van der Waals surface area (Å²) in [6.45, 7) is 27.7. The van der Waals surface area contributed by atoms with E-state index in [-0.39, 0.29) is 20.8 Å². The van der Waals surface area contributed by atoms with Crippen LogP contribution >= 0.6 is 35.3 Å². The number of hydrogen-bond acceptors (Lipinski definition) is 6. The molecule has 0 amide bonds. The Kier molecular flexibility index (Phi) is 10.9. The van der Waals surface area contributed by atoms with E-state index in [1.54, 1.807) is 0 Å². The minimum Gasteiger partial charge on any atom is -0.508 e. The van der Waals surface area contributed by atoms with Gasteiger partial charge >= 0.3 is 0 Å². The Balaban J connectivity index is 2.02. The van der Waals surface area contributed by atoms with E-state index in [0.717, 1.165) is 39.8 Å². The SMILES string of the molecule is Cc1cc(O)c(C(C)(C)C)cc1SC(C)CC(Sc1cc(C(C)(C)C)c(O)cc1C)Sc1cc(C(C)(C)C)c(O)cc1C. The number of phenolic OH excluding ortho intramolecular Hbond substituents is 3. The fourth-order valence-corrected chi connectivity index (χ4v) is 9.55. The van der Waals surface area contributed by atoms with Gasteiger partial charge in [-0.2, -0.15) is 0 Å². The zero-order valence-corrected chi connectivity index (χ0v) is 30.8. The molecule has 0 aliphatic heterocycles. The van der Waals surface area contributed by atoms with Gasteiger partial charge in [-0.1, -0.05) is 69.2 Å². The standard InChI is InChI=1S/C37H52O3S3/c1-21-14-28(38)25(35(5,6)7)18-31(21)41-24(4)17-34(42-32-19-26(36(8,9)10)29(39)15-22(32)2)43-33-20-27(37(11,12)13)30(40)16-23(33)3/h14-16,18-20,24,34,38-40H,17H2,1-13H3. The molecular weight excluding hydrogens is 589 g/mol. The van der Waals surface area contributed by atoms with Gasteiger partial charge in [0.2, 0.25) is 0 Å². The summed E-state index contributed by atoms with van der Waals surface area (Å²) < 4.78 is 0.189. The number of rotatable bonds is 8. The van der Waals surface area contributed by atoms with Gasteiger partial charge in [0.25, 0.3) is 0 Å². The van der Waals surface area contributed by atoms with Gasteiger partial charge in [-0.3, -0.25) is 0 Å². The lowest BCUT2D eigenvalue weighted by Gasteiger charge is -2.27. The van der Waals surface area contributed by atoms with Crippen molar-refractivity contribution in [3.05, 3.63) is 69.8 Å². The van der Waals surface area contributed by atoms with Gasteiger partial charge in [0.15, 0.2) is 0 Å². The first-order valence-corrected chi connectivity index (χ1v) is 17.7. The molecule has 6 heteroatoms. The van der Waals surface area contributed by atoms with Crippen LogP contribution in [0.15, 0.2) is 51.1 Å². The molecule has 0 fully saturated rings. The minimum absolute atomic E-state index is 0.146. The molecule has 0 saturated heterocycles. The van der Waals surface area contributed by atoms with Crippen LogP contribution in [-0.4, -0.2) is 25.2 Å². The molecule has 3 aromatic rings. The molecule has 1 atom stereocenters. The summed E-state index contributed by atoms with van der Waals surface area (Å²) in [5, 5.41) is 32.5. The quantitative estimate of drug-likeness (QED) is 0.168. The molecule has 3 N–H and O–H groups in total. The van der Waals surface area contributed by atoms with Gasteiger partial charge in [0, 0.05) is 36.6 Å². The minimum atomic E-state index is -0.171. The highest BCUT2D eigenvalue weighted by Gasteiger charge is 2.26. The summed E-state index contributed by atoms with van der Waals surface area (Å²) in [6, 6.07) is 12.2. The van der Waals surface area contributed by atoms with Gasteiger partial charge in [-0.05, 0) is 96.5 Å². The van der Waals surface area contributed by atoms with Crippen LogP contribution in [0.2, 0.25) is 0 Å². The Bertz CT molecular complexity index is 1380. The molecule has 0 bridgehead atoms. The summed E-state index contributed by atoms with van der Waals surface area (Å²) >= 11 is 5.60. The Morgan fingerprint density at radius 2 is 0.791 bits per heavy atom. The molecule has 1 unspecified atom stereocenters. The molecule has 0 spiro atoms. The number of hydrogen-bond donors (Lipinski definition) is 3. The van der Waals surface area contributed by atoms with E-state index < -0.39 is 0 Å². The van der Waals surface area contributed by atoms with Crippen LogP contribution in [0.5, 0.6) is 17.2 Å². The van der Waals surface area contributed by atoms with Gasteiger partial charge in [0.05, 0.1) is 4.58 Å². The van der Waals surface area contributed by atoms with Crippen LogP contribution in [0.25, 0.3) is 0 Å². The van der Waals surface area contributed by atoms with Crippen molar-refractivity contribution in [2.75, 3.05) is 0 Å². The van der Waals surface area contributed by atoms with Crippen LogP contribution < -0.4 is 0 Å². The monoisotopic (exact) mass is 640 g/mol. The highest BCUT2D eigenvalue weighted by molar-refractivity contribution is 8.17. The van der Waals surface area contributed by atoms with Crippen LogP contribution in [0.1, 0.15) is 109 Å². The average Bonchev–Trinajstić information content (AvgIpc) is 2.81. The highest BCUT2D eigenvalue weighted by Crippen LogP contribution is 2.47. The Morgan fingerprint density at radius 3 is 1.07 bits per heavy atom. The van der Waals surface area contributed by atoms with Crippen molar-refractivity contribution in [2.24, 2.45) is 0 Å². The van der Waals surface area contributed by atoms with E-state index in [1.165, 1.54) is 14.7 Å². The van der Waals surface area contributed by atoms with E-state index in [2.05, 4.69) is 108 Å². The second-order valence-electron chi connectivity index (χ2n) is 15.0. The van der Waals surface area contributed by atoms with Gasteiger partial charge in [-0.25, -0.2) is 0 Å². The Morgan fingerprint density at radius 1 is 0.512 bits per heavy atom. The second-order valence-corrected chi connectivity index (χ2v) is 19.3. The summed E-state index contributed by atoms with van der Waals surface area (Å²) in [5.74, 6) is 1.06. The normalized spacial score (nSPS) is 13.5. The first kappa shape index (κ1) is 35.6. The van der Waals surface area contributed by atoms with Crippen LogP contribution in [0.4, 0.5) is 0 Å². The highest BCUT2D eigenvalue weighted by atomic mass is 32.2. The van der Waals surface area contributed by atoms with E-state index in [4.69, 9.17) is 0 Å². The first-order chi connectivity index (χ1) is 19.6. The van der Waals surface area contributed by atoms with E-state index in [0.29, 0.717) is 22.5 Å². The van der Waals surface area contributed by atoms with E-state index in [1.807, 2.05) is 53.5 Å². The van der Waals surface area contributed by atoms with Crippen LogP contribution in [0.3, 0.4) is 0 Å². The van der Waals surface area contributed by atoms with Gasteiger partial charge in [-0.15, -0.1) is 35.3 Å². The largest absolute Gasteiger partial charge is 0.508 e. The molecule has 43 heavy (non-hydrogen) atoms. The molecule has 3 aromatic carbocycles. The molecular formula is C37H52O3S3.